The summed E-state index contributed by atoms with van der Waals surface area (Å²) in [6.07, 6.45) is 5.81. The number of alkyl carbamates (subject to hydrolysis) is 1. The van der Waals surface area contributed by atoms with Crippen LogP contribution in [-0.2, 0) is 9.53 Å². The van der Waals surface area contributed by atoms with Crippen LogP contribution in [0.3, 0.4) is 0 Å². The Labute approximate surface area is 247 Å². The number of hydrogen-bond acceptors (Lipinski definition) is 5. The first-order chi connectivity index (χ1) is 19.5. The van der Waals surface area contributed by atoms with E-state index in [1.807, 2.05) is 82.3 Å². The molecule has 3 rings (SSSR count). The van der Waals surface area contributed by atoms with E-state index in [2.05, 4.69) is 29.8 Å². The van der Waals surface area contributed by atoms with Crippen LogP contribution in [0.25, 0.3) is 0 Å². The standard InChI is InChI=1S/C34H51N3O4/c1-7-13-25(2)23-40-29-18-16-28(17-19-29)30(36-31(38)26(3)27-14-9-8-10-15-27)22-35-24-34(20-11-12-21-34)37-32(39)41-33(4,5)6/h8-10,14-19,25-26,30,35H,7,11-13,20-24H2,1-6H3,(H,36,38)(H,37,39)/t25?,26-,30+/m0/s1. The first-order valence-corrected chi connectivity index (χ1v) is 15.3. The number of hydrogen-bond donors (Lipinski definition) is 3. The Bertz CT molecular complexity index is 1080. The van der Waals surface area contributed by atoms with Crippen molar-refractivity contribution >= 4 is 12.0 Å². The molecule has 3 atom stereocenters. The van der Waals surface area contributed by atoms with Gasteiger partial charge in [0.25, 0.3) is 0 Å². The van der Waals surface area contributed by atoms with Gasteiger partial charge < -0.3 is 25.4 Å². The number of amides is 2. The van der Waals surface area contributed by atoms with Crippen molar-refractivity contribution in [1.82, 2.24) is 16.0 Å². The first kappa shape index (κ1) is 32.5. The highest BCUT2D eigenvalue weighted by molar-refractivity contribution is 5.83. The van der Waals surface area contributed by atoms with Gasteiger partial charge in [-0.25, -0.2) is 4.79 Å². The van der Waals surface area contributed by atoms with E-state index < -0.39 is 5.60 Å². The maximum atomic E-state index is 13.4. The molecule has 0 aromatic heterocycles. The Kier molecular flexibility index (Phi) is 12.1. The van der Waals surface area contributed by atoms with Crippen LogP contribution >= 0.6 is 0 Å². The van der Waals surface area contributed by atoms with Crippen LogP contribution in [0.4, 0.5) is 4.79 Å². The van der Waals surface area contributed by atoms with E-state index in [-0.39, 0.29) is 29.5 Å². The van der Waals surface area contributed by atoms with E-state index in [0.717, 1.165) is 55.4 Å². The molecule has 1 unspecified atom stereocenters. The zero-order valence-corrected chi connectivity index (χ0v) is 25.9. The fourth-order valence-corrected chi connectivity index (χ4v) is 5.43. The van der Waals surface area contributed by atoms with Crippen molar-refractivity contribution in [3.8, 4) is 5.75 Å². The van der Waals surface area contributed by atoms with Crippen molar-refractivity contribution in [2.45, 2.75) is 103 Å². The second kappa shape index (κ2) is 15.2. The molecule has 0 aliphatic heterocycles. The largest absolute Gasteiger partial charge is 0.493 e. The van der Waals surface area contributed by atoms with Crippen LogP contribution in [0.5, 0.6) is 5.75 Å². The first-order valence-electron chi connectivity index (χ1n) is 15.3. The quantitative estimate of drug-likeness (QED) is 0.232. The van der Waals surface area contributed by atoms with Crippen LogP contribution in [-0.4, -0.2) is 42.8 Å². The van der Waals surface area contributed by atoms with E-state index in [4.69, 9.17) is 9.47 Å². The molecule has 1 fully saturated rings. The number of ether oxygens (including phenoxy) is 2. The molecule has 1 saturated carbocycles. The lowest BCUT2D eigenvalue weighted by Gasteiger charge is -2.33. The van der Waals surface area contributed by atoms with Crippen molar-refractivity contribution in [3.63, 3.8) is 0 Å². The lowest BCUT2D eigenvalue weighted by molar-refractivity contribution is -0.123. The summed E-state index contributed by atoms with van der Waals surface area (Å²) in [4.78, 5) is 26.0. The molecule has 1 aliphatic rings. The van der Waals surface area contributed by atoms with Gasteiger partial charge in [-0.15, -0.1) is 0 Å². The maximum Gasteiger partial charge on any atom is 0.408 e. The molecule has 2 aromatic carbocycles. The summed E-state index contributed by atoms with van der Waals surface area (Å²) in [7, 11) is 0. The molecule has 0 radical (unpaired) electrons. The third-order valence-electron chi connectivity index (χ3n) is 7.75. The molecule has 2 amide bonds. The van der Waals surface area contributed by atoms with Gasteiger partial charge in [0.05, 0.1) is 24.1 Å². The fourth-order valence-electron chi connectivity index (χ4n) is 5.43. The van der Waals surface area contributed by atoms with Crippen molar-refractivity contribution < 1.29 is 19.1 Å². The third kappa shape index (κ3) is 10.7. The highest BCUT2D eigenvalue weighted by Crippen LogP contribution is 2.30. The molecule has 0 saturated heterocycles. The van der Waals surface area contributed by atoms with Crippen molar-refractivity contribution in [2.75, 3.05) is 19.7 Å². The molecular formula is C34H51N3O4. The summed E-state index contributed by atoms with van der Waals surface area (Å²) in [6, 6.07) is 17.6. The smallest absolute Gasteiger partial charge is 0.408 e. The van der Waals surface area contributed by atoms with Gasteiger partial charge >= 0.3 is 6.09 Å². The Balaban J connectivity index is 1.70. The Morgan fingerprint density at radius 3 is 2.22 bits per heavy atom. The normalized spacial score (nSPS) is 16.8. The van der Waals surface area contributed by atoms with Gasteiger partial charge in [-0.05, 0) is 76.1 Å². The zero-order valence-electron chi connectivity index (χ0n) is 25.9. The van der Waals surface area contributed by atoms with Crippen LogP contribution in [0, 0.1) is 5.92 Å². The molecule has 3 N–H and O–H groups in total. The summed E-state index contributed by atoms with van der Waals surface area (Å²) in [5.74, 6) is 1.03. The van der Waals surface area contributed by atoms with Crippen molar-refractivity contribution in [1.29, 1.82) is 0 Å². The third-order valence-corrected chi connectivity index (χ3v) is 7.75. The Hall–Kier alpha value is -3.06. The molecule has 2 aromatic rings. The highest BCUT2D eigenvalue weighted by Gasteiger charge is 2.36. The molecule has 7 nitrogen and oxygen atoms in total. The predicted octanol–water partition coefficient (Wildman–Crippen LogP) is 6.89. The lowest BCUT2D eigenvalue weighted by Crippen LogP contribution is -2.54. The number of carbonyl (C=O) groups is 2. The van der Waals surface area contributed by atoms with E-state index in [0.29, 0.717) is 25.6 Å². The van der Waals surface area contributed by atoms with E-state index in [1.54, 1.807) is 0 Å². The minimum absolute atomic E-state index is 0.0285. The summed E-state index contributed by atoms with van der Waals surface area (Å²) < 4.78 is 11.6. The molecule has 0 heterocycles. The fraction of sp³-hybridized carbons (Fsp3) is 0.588. The van der Waals surface area contributed by atoms with E-state index >= 15 is 0 Å². The van der Waals surface area contributed by atoms with E-state index in [9.17, 15) is 9.59 Å². The molecule has 41 heavy (non-hydrogen) atoms. The van der Waals surface area contributed by atoms with Gasteiger partial charge in [-0.2, -0.15) is 0 Å². The summed E-state index contributed by atoms with van der Waals surface area (Å²) >= 11 is 0. The molecule has 1 aliphatic carbocycles. The van der Waals surface area contributed by atoms with Gasteiger partial charge in [0.2, 0.25) is 5.91 Å². The number of nitrogens with one attached hydrogen (secondary N) is 3. The number of rotatable bonds is 14. The Morgan fingerprint density at radius 1 is 0.951 bits per heavy atom. The minimum atomic E-state index is -0.550. The SMILES string of the molecule is CCCC(C)COc1ccc([C@@H](CNCC2(NC(=O)OC(C)(C)C)CCCC2)NC(=O)[C@@H](C)c2ccccc2)cc1. The predicted molar refractivity (Wildman–Crippen MR) is 165 cm³/mol. The minimum Gasteiger partial charge on any atom is -0.493 e. The molecular weight excluding hydrogens is 514 g/mol. The zero-order chi connectivity index (χ0) is 29.9. The average molecular weight is 566 g/mol. The van der Waals surface area contributed by atoms with Gasteiger partial charge in [0.15, 0.2) is 0 Å². The topological polar surface area (TPSA) is 88.7 Å². The van der Waals surface area contributed by atoms with Crippen LogP contribution in [0.2, 0.25) is 0 Å². The van der Waals surface area contributed by atoms with Gasteiger partial charge in [-0.1, -0.05) is 75.6 Å². The van der Waals surface area contributed by atoms with Crippen molar-refractivity contribution in [2.24, 2.45) is 5.92 Å². The maximum absolute atomic E-state index is 13.4. The summed E-state index contributed by atoms with van der Waals surface area (Å²) in [6.45, 7) is 13.8. The second-order valence-electron chi connectivity index (χ2n) is 12.7. The van der Waals surface area contributed by atoms with Gasteiger partial charge in [0, 0.05) is 13.1 Å². The molecule has 7 heteroatoms. The van der Waals surface area contributed by atoms with Crippen LogP contribution in [0.15, 0.2) is 54.6 Å². The monoisotopic (exact) mass is 565 g/mol. The number of benzene rings is 2. The summed E-state index contributed by atoms with van der Waals surface area (Å²) in [5, 5.41) is 10.00. The Morgan fingerprint density at radius 2 is 1.61 bits per heavy atom. The average Bonchev–Trinajstić information content (AvgIpc) is 3.38. The molecule has 226 valence electrons. The van der Waals surface area contributed by atoms with Gasteiger partial charge in [0.1, 0.15) is 11.4 Å². The van der Waals surface area contributed by atoms with Gasteiger partial charge in [-0.3, -0.25) is 4.79 Å². The second-order valence-corrected chi connectivity index (χ2v) is 12.7. The van der Waals surface area contributed by atoms with Crippen LogP contribution in [0.1, 0.15) is 103 Å². The van der Waals surface area contributed by atoms with Crippen molar-refractivity contribution in [3.05, 3.63) is 65.7 Å². The summed E-state index contributed by atoms with van der Waals surface area (Å²) in [5.41, 5.74) is 1.07. The molecule has 0 spiro atoms. The number of carbonyl (C=O) groups excluding carboxylic acids is 2. The molecule has 0 bridgehead atoms. The van der Waals surface area contributed by atoms with E-state index in [1.165, 1.54) is 0 Å². The lowest BCUT2D eigenvalue weighted by atomic mass is 9.96. The highest BCUT2D eigenvalue weighted by atomic mass is 16.6. The van der Waals surface area contributed by atoms with Crippen LogP contribution < -0.4 is 20.7 Å².